The quantitative estimate of drug-likeness (QED) is 0.215. The van der Waals surface area contributed by atoms with Crippen molar-refractivity contribution in [3.63, 3.8) is 0 Å². The van der Waals surface area contributed by atoms with Gasteiger partial charge < -0.3 is 26.8 Å². The Balaban J connectivity index is 2.97. The maximum Gasteiger partial charge on any atom is 0.327 e. The number of nitrogens with one attached hydrogen (secondary N) is 3. The van der Waals surface area contributed by atoms with Crippen molar-refractivity contribution in [2.45, 2.75) is 61.7 Å². The van der Waals surface area contributed by atoms with E-state index in [9.17, 15) is 24.3 Å². The molecule has 6 N–H and O–H groups in total. The van der Waals surface area contributed by atoms with E-state index in [1.807, 2.05) is 0 Å². The van der Waals surface area contributed by atoms with Crippen molar-refractivity contribution in [2.24, 2.45) is 5.73 Å². The zero-order valence-electron chi connectivity index (χ0n) is 18.9. The summed E-state index contributed by atoms with van der Waals surface area (Å²) in [5, 5.41) is 17.3. The molecule has 0 aliphatic rings. The topological polar surface area (TPSA) is 151 Å². The highest BCUT2D eigenvalue weighted by molar-refractivity contribution is 7.82. The van der Waals surface area contributed by atoms with Crippen LogP contribution in [0.2, 0.25) is 5.02 Å². The van der Waals surface area contributed by atoms with Gasteiger partial charge in [-0.15, -0.1) is 0 Å². The number of nitrogens with two attached hydrogens (primary N) is 1. The Kier molecular flexibility index (Phi) is 10.5. The normalized spacial score (nSPS) is 14.5. The van der Waals surface area contributed by atoms with E-state index in [1.165, 1.54) is 0 Å². The summed E-state index contributed by atoms with van der Waals surface area (Å²) in [6, 6.07) is 3.23. The predicted molar refractivity (Wildman–Crippen MR) is 134 cm³/mol. The standard InChI is InChI=1S/C21H31ClN4O5S2/c1-20(2,32)15(23)18(29)24-10-14(27)25-13(9-11-5-7-12(22)8-6-11)17(28)26-16(19(30)31)21(3,4)33/h5-8,13,15-16,32-33H,9-10,23H2,1-4H3,(H,24,29)(H,25,27)(H,26,28)(H,30,31)/t13-,15-,16-/m0/s1. The monoisotopic (exact) mass is 518 g/mol. The fourth-order valence-electron chi connectivity index (χ4n) is 2.69. The van der Waals surface area contributed by atoms with Crippen molar-refractivity contribution in [1.29, 1.82) is 0 Å². The van der Waals surface area contributed by atoms with Crippen molar-refractivity contribution >= 4 is 60.5 Å². The lowest BCUT2D eigenvalue weighted by Crippen LogP contribution is -2.58. The molecule has 184 valence electrons. The van der Waals surface area contributed by atoms with Gasteiger partial charge >= 0.3 is 5.97 Å². The summed E-state index contributed by atoms with van der Waals surface area (Å²) in [5.41, 5.74) is 6.49. The van der Waals surface area contributed by atoms with Crippen LogP contribution in [0.5, 0.6) is 0 Å². The van der Waals surface area contributed by atoms with Crippen LogP contribution in [0.3, 0.4) is 0 Å². The molecule has 0 spiro atoms. The van der Waals surface area contributed by atoms with E-state index in [0.717, 1.165) is 0 Å². The van der Waals surface area contributed by atoms with Gasteiger partial charge in [-0.3, -0.25) is 14.4 Å². The highest BCUT2D eigenvalue weighted by Gasteiger charge is 2.36. The van der Waals surface area contributed by atoms with Crippen LogP contribution in [0.4, 0.5) is 0 Å². The maximum atomic E-state index is 12.9. The lowest BCUT2D eigenvalue weighted by Gasteiger charge is -2.29. The summed E-state index contributed by atoms with van der Waals surface area (Å²) < 4.78 is -1.87. The third kappa shape index (κ3) is 9.83. The molecule has 1 aromatic rings. The van der Waals surface area contributed by atoms with E-state index in [-0.39, 0.29) is 6.42 Å². The van der Waals surface area contributed by atoms with Gasteiger partial charge in [0.2, 0.25) is 17.7 Å². The van der Waals surface area contributed by atoms with Gasteiger partial charge in [-0.25, -0.2) is 4.79 Å². The van der Waals surface area contributed by atoms with Crippen LogP contribution in [-0.2, 0) is 25.6 Å². The van der Waals surface area contributed by atoms with Crippen LogP contribution in [0, 0.1) is 0 Å². The number of carboxylic acids is 1. The molecule has 0 bridgehead atoms. The van der Waals surface area contributed by atoms with Crippen molar-refractivity contribution in [2.75, 3.05) is 6.54 Å². The Morgan fingerprint density at radius 2 is 1.55 bits per heavy atom. The number of hydrogen-bond donors (Lipinski definition) is 7. The number of benzene rings is 1. The zero-order valence-corrected chi connectivity index (χ0v) is 21.4. The number of carbonyl (C=O) groups excluding carboxylic acids is 3. The van der Waals surface area contributed by atoms with Gasteiger partial charge in [0.25, 0.3) is 0 Å². The molecule has 3 amide bonds. The predicted octanol–water partition coefficient (Wildman–Crippen LogP) is 0.797. The van der Waals surface area contributed by atoms with Crippen molar-refractivity contribution < 1.29 is 24.3 Å². The second-order valence-corrected chi connectivity index (χ2v) is 11.5. The molecule has 0 radical (unpaired) electrons. The first-order chi connectivity index (χ1) is 15.0. The molecular formula is C21H31ClN4O5S2. The molecule has 0 saturated carbocycles. The zero-order chi connectivity index (χ0) is 25.6. The molecule has 3 atom stereocenters. The van der Waals surface area contributed by atoms with Gasteiger partial charge in [-0.05, 0) is 45.4 Å². The van der Waals surface area contributed by atoms with Crippen molar-refractivity contribution in [3.8, 4) is 0 Å². The van der Waals surface area contributed by atoms with E-state index in [2.05, 4.69) is 41.2 Å². The number of carbonyl (C=O) groups is 4. The highest BCUT2D eigenvalue weighted by atomic mass is 35.5. The number of thiol groups is 2. The Morgan fingerprint density at radius 1 is 1.00 bits per heavy atom. The average Bonchev–Trinajstić information content (AvgIpc) is 2.68. The third-order valence-electron chi connectivity index (χ3n) is 4.71. The van der Waals surface area contributed by atoms with E-state index >= 15 is 0 Å². The molecule has 0 fully saturated rings. The number of aliphatic carboxylic acids is 1. The van der Waals surface area contributed by atoms with Gasteiger partial charge in [0.05, 0.1) is 12.6 Å². The summed E-state index contributed by atoms with van der Waals surface area (Å²) in [6.07, 6.45) is 0.0607. The third-order valence-corrected chi connectivity index (χ3v) is 5.50. The molecular weight excluding hydrogens is 488 g/mol. The fraction of sp³-hybridized carbons (Fsp3) is 0.524. The smallest absolute Gasteiger partial charge is 0.327 e. The van der Waals surface area contributed by atoms with E-state index in [0.29, 0.717) is 10.6 Å². The first kappa shape index (κ1) is 29.1. The van der Waals surface area contributed by atoms with E-state index in [1.54, 1.807) is 52.0 Å². The van der Waals surface area contributed by atoms with Gasteiger partial charge in [-0.1, -0.05) is 23.7 Å². The molecule has 0 aromatic heterocycles. The number of rotatable bonds is 11. The largest absolute Gasteiger partial charge is 0.480 e. The molecule has 0 aliphatic heterocycles. The average molecular weight is 519 g/mol. The summed E-state index contributed by atoms with van der Waals surface area (Å²) >= 11 is 14.4. The maximum absolute atomic E-state index is 12.9. The Labute approximate surface area is 209 Å². The molecule has 0 heterocycles. The highest BCUT2D eigenvalue weighted by Crippen LogP contribution is 2.19. The Morgan fingerprint density at radius 3 is 2.00 bits per heavy atom. The van der Waals surface area contributed by atoms with Crippen LogP contribution < -0.4 is 21.7 Å². The van der Waals surface area contributed by atoms with Crippen LogP contribution in [0.1, 0.15) is 33.3 Å². The van der Waals surface area contributed by atoms with Crippen LogP contribution in [-0.4, -0.2) is 63.0 Å². The Hall–Kier alpha value is -1.95. The van der Waals surface area contributed by atoms with Gasteiger partial charge in [0.1, 0.15) is 12.1 Å². The summed E-state index contributed by atoms with van der Waals surface area (Å²) in [4.78, 5) is 49.2. The number of halogens is 1. The Bertz CT molecular complexity index is 869. The first-order valence-electron chi connectivity index (χ1n) is 10.1. The molecule has 0 aliphatic carbocycles. The number of hydrogen-bond acceptors (Lipinski definition) is 7. The van der Waals surface area contributed by atoms with Crippen LogP contribution >= 0.6 is 36.9 Å². The number of amides is 3. The molecule has 9 nitrogen and oxygen atoms in total. The molecule has 33 heavy (non-hydrogen) atoms. The molecule has 0 saturated heterocycles. The van der Waals surface area contributed by atoms with Gasteiger partial charge in [0.15, 0.2) is 0 Å². The molecule has 1 rings (SSSR count). The van der Waals surface area contributed by atoms with Gasteiger partial charge in [-0.2, -0.15) is 25.3 Å². The summed E-state index contributed by atoms with van der Waals surface area (Å²) in [5.74, 6) is -3.21. The second kappa shape index (κ2) is 12.0. The van der Waals surface area contributed by atoms with Gasteiger partial charge in [0, 0.05) is 20.9 Å². The fourth-order valence-corrected chi connectivity index (χ4v) is 3.11. The molecule has 1 aromatic carbocycles. The lowest BCUT2D eigenvalue weighted by molar-refractivity contribution is -0.143. The second-order valence-electron chi connectivity index (χ2n) is 8.73. The van der Waals surface area contributed by atoms with Crippen molar-refractivity contribution in [1.82, 2.24) is 16.0 Å². The van der Waals surface area contributed by atoms with Crippen LogP contribution in [0.15, 0.2) is 24.3 Å². The number of carboxylic acid groups (broad SMARTS) is 1. The molecule has 12 heteroatoms. The first-order valence-corrected chi connectivity index (χ1v) is 11.3. The summed E-state index contributed by atoms with van der Waals surface area (Å²) in [7, 11) is 0. The minimum absolute atomic E-state index is 0.0607. The van der Waals surface area contributed by atoms with E-state index < -0.39 is 57.9 Å². The minimum Gasteiger partial charge on any atom is -0.480 e. The van der Waals surface area contributed by atoms with Crippen molar-refractivity contribution in [3.05, 3.63) is 34.9 Å². The van der Waals surface area contributed by atoms with E-state index in [4.69, 9.17) is 17.3 Å². The summed E-state index contributed by atoms with van der Waals surface area (Å²) in [6.45, 7) is 5.98. The molecule has 0 unspecified atom stereocenters. The lowest BCUT2D eigenvalue weighted by atomic mass is 10.0. The van der Waals surface area contributed by atoms with Crippen LogP contribution in [0.25, 0.3) is 0 Å². The SMILES string of the molecule is CC(C)(S)[C@@H](N)C(=O)NCC(=O)N[C@@H](Cc1ccc(Cl)cc1)C(=O)N[C@@H](C(=O)O)C(C)(C)S. The minimum atomic E-state index is -1.31.